The zero-order valence-electron chi connectivity index (χ0n) is 15.8. The number of rotatable bonds is 4. The quantitative estimate of drug-likeness (QED) is 0.879. The number of nitrogens with zero attached hydrogens (tertiary/aromatic N) is 3. The number of nitrogens with one attached hydrogen (secondary N) is 1. The lowest BCUT2D eigenvalue weighted by atomic mass is 9.73. The van der Waals surface area contributed by atoms with Gasteiger partial charge in [-0.2, -0.15) is 0 Å². The van der Waals surface area contributed by atoms with Gasteiger partial charge in [-0.25, -0.2) is 14.4 Å². The van der Waals surface area contributed by atoms with Gasteiger partial charge in [-0.1, -0.05) is 12.1 Å². The van der Waals surface area contributed by atoms with E-state index in [2.05, 4.69) is 20.2 Å². The number of halogens is 1. The lowest BCUT2D eigenvalue weighted by molar-refractivity contribution is 0.0141. The van der Waals surface area contributed by atoms with Crippen LogP contribution in [0.3, 0.4) is 0 Å². The molecule has 3 saturated heterocycles. The number of hydrogen-bond donors (Lipinski definition) is 1. The third-order valence-corrected chi connectivity index (χ3v) is 6.47. The first kappa shape index (κ1) is 17.6. The maximum atomic E-state index is 13.9. The number of aryl methyl sites for hydroxylation is 1. The van der Waals surface area contributed by atoms with Crippen molar-refractivity contribution in [3.05, 3.63) is 53.6 Å². The zero-order valence-corrected chi connectivity index (χ0v) is 15.8. The van der Waals surface area contributed by atoms with Crippen LogP contribution in [0.25, 0.3) is 0 Å². The fourth-order valence-electron chi connectivity index (χ4n) is 5.16. The summed E-state index contributed by atoms with van der Waals surface area (Å²) < 4.78 is 20.3. The third-order valence-electron chi connectivity index (χ3n) is 6.47. The molecule has 1 aromatic heterocycles. The summed E-state index contributed by atoms with van der Waals surface area (Å²) in [5, 5.41) is 2.93. The van der Waals surface area contributed by atoms with Crippen molar-refractivity contribution in [2.45, 2.75) is 31.5 Å². The maximum absolute atomic E-state index is 13.9. The van der Waals surface area contributed by atoms with Crippen molar-refractivity contribution in [2.24, 2.45) is 11.8 Å². The molecule has 1 N–H and O–H groups in total. The van der Waals surface area contributed by atoms with E-state index in [0.29, 0.717) is 12.5 Å². The highest BCUT2D eigenvalue weighted by Gasteiger charge is 2.63. The second kappa shape index (κ2) is 6.51. The van der Waals surface area contributed by atoms with E-state index in [-0.39, 0.29) is 29.1 Å². The van der Waals surface area contributed by atoms with Crippen LogP contribution in [0.5, 0.6) is 0 Å². The molecule has 6 nitrogen and oxygen atoms in total. The van der Waals surface area contributed by atoms with E-state index in [1.54, 1.807) is 18.3 Å². The van der Waals surface area contributed by atoms with Crippen molar-refractivity contribution >= 4 is 11.9 Å². The molecule has 0 saturated carbocycles. The molecule has 3 aliphatic heterocycles. The summed E-state index contributed by atoms with van der Waals surface area (Å²) >= 11 is 0. The monoisotopic (exact) mass is 382 g/mol. The molecule has 0 radical (unpaired) electrons. The number of carbonyl (C=O) groups is 1. The summed E-state index contributed by atoms with van der Waals surface area (Å²) in [6.45, 7) is 4.06. The lowest BCUT2D eigenvalue weighted by Crippen LogP contribution is -2.42. The average Bonchev–Trinajstić information content (AvgIpc) is 3.35. The first-order valence-corrected chi connectivity index (χ1v) is 9.81. The van der Waals surface area contributed by atoms with Crippen molar-refractivity contribution in [3.63, 3.8) is 0 Å². The Hall–Kier alpha value is -2.54. The molecule has 0 unspecified atom stereocenters. The number of carbonyl (C=O) groups excluding carboxylic acids is 1. The Morgan fingerprint density at radius 3 is 3.07 bits per heavy atom. The third kappa shape index (κ3) is 2.76. The Bertz CT molecular complexity index is 923. The van der Waals surface area contributed by atoms with Gasteiger partial charge < -0.3 is 15.0 Å². The topological polar surface area (TPSA) is 67.4 Å². The highest BCUT2D eigenvalue weighted by Crippen LogP contribution is 2.54. The van der Waals surface area contributed by atoms with Crippen LogP contribution in [0.1, 0.15) is 28.9 Å². The average molecular weight is 382 g/mol. The summed E-state index contributed by atoms with van der Waals surface area (Å²) in [5.74, 6) is 0.414. The van der Waals surface area contributed by atoms with Crippen LogP contribution in [-0.4, -0.2) is 47.2 Å². The molecule has 146 valence electrons. The fraction of sp³-hybridized carbons (Fsp3) is 0.476. The number of benzene rings is 1. The summed E-state index contributed by atoms with van der Waals surface area (Å²) in [7, 11) is 0. The van der Waals surface area contributed by atoms with Crippen LogP contribution < -0.4 is 10.2 Å². The smallest absolute Gasteiger partial charge is 0.254 e. The van der Waals surface area contributed by atoms with E-state index < -0.39 is 5.82 Å². The lowest BCUT2D eigenvalue weighted by Gasteiger charge is -2.29. The molecule has 1 aromatic carbocycles. The Morgan fingerprint density at radius 2 is 2.25 bits per heavy atom. The summed E-state index contributed by atoms with van der Waals surface area (Å²) in [6, 6.07) is 7.96. The highest BCUT2D eigenvalue weighted by atomic mass is 19.1. The van der Waals surface area contributed by atoms with Gasteiger partial charge in [0.2, 0.25) is 5.95 Å². The number of hydrogen-bond acceptors (Lipinski definition) is 5. The Kier molecular flexibility index (Phi) is 4.08. The van der Waals surface area contributed by atoms with Gasteiger partial charge in [0.25, 0.3) is 5.91 Å². The van der Waals surface area contributed by atoms with E-state index in [0.717, 1.165) is 37.6 Å². The van der Waals surface area contributed by atoms with E-state index >= 15 is 0 Å². The molecule has 3 aliphatic rings. The molecule has 0 aliphatic carbocycles. The fourth-order valence-corrected chi connectivity index (χ4v) is 5.16. The minimum absolute atomic E-state index is 0.0856. The minimum Gasteiger partial charge on any atom is -0.369 e. The van der Waals surface area contributed by atoms with E-state index in [1.165, 1.54) is 12.1 Å². The molecule has 2 bridgehead atoms. The summed E-state index contributed by atoms with van der Waals surface area (Å²) in [6.07, 6.45) is 3.97. The van der Waals surface area contributed by atoms with Gasteiger partial charge in [-0.15, -0.1) is 0 Å². The Balaban J connectivity index is 1.31. The standard InChI is InChI=1S/C21H23FN4O2/c1-13-7-9-23-20(25-13)26-11-16-15(18-6-8-21(16,12-26)28-18)10-24-19(27)14-4-2-3-5-17(14)22/h2-5,7,9,15-16,18H,6,8,10-12H2,1H3,(H,24,27)/t15-,16+,18+,21+/m0/s1. The van der Waals surface area contributed by atoms with Crippen molar-refractivity contribution < 1.29 is 13.9 Å². The van der Waals surface area contributed by atoms with Gasteiger partial charge in [-0.05, 0) is 38.0 Å². The molecule has 5 rings (SSSR count). The molecule has 1 spiro atoms. The molecular weight excluding hydrogens is 359 g/mol. The first-order valence-electron chi connectivity index (χ1n) is 9.81. The van der Waals surface area contributed by atoms with E-state index in [9.17, 15) is 9.18 Å². The second-order valence-electron chi connectivity index (χ2n) is 8.10. The van der Waals surface area contributed by atoms with E-state index in [1.807, 2.05) is 13.0 Å². The number of amides is 1. The molecule has 28 heavy (non-hydrogen) atoms. The SMILES string of the molecule is Cc1ccnc(N2C[C@@H]3[C@H](CNC(=O)c4ccccc4F)[C@H]4CC[C@]3(C2)O4)n1. The van der Waals surface area contributed by atoms with Gasteiger partial charge >= 0.3 is 0 Å². The van der Waals surface area contributed by atoms with Gasteiger partial charge in [0.1, 0.15) is 5.82 Å². The number of ether oxygens (including phenoxy) is 1. The highest BCUT2D eigenvalue weighted by molar-refractivity contribution is 5.94. The summed E-state index contributed by atoms with van der Waals surface area (Å²) in [4.78, 5) is 23.6. The Morgan fingerprint density at radius 1 is 1.39 bits per heavy atom. The van der Waals surface area contributed by atoms with Crippen LogP contribution in [0.15, 0.2) is 36.5 Å². The summed E-state index contributed by atoms with van der Waals surface area (Å²) in [5.41, 5.74) is 0.853. The molecular formula is C21H23FN4O2. The van der Waals surface area contributed by atoms with Crippen molar-refractivity contribution in [3.8, 4) is 0 Å². The first-order chi connectivity index (χ1) is 13.6. The molecule has 2 aromatic rings. The zero-order chi connectivity index (χ0) is 19.3. The maximum Gasteiger partial charge on any atom is 0.254 e. The number of fused-ring (bicyclic) bond motifs is 1. The molecule has 4 atom stereocenters. The molecule has 7 heteroatoms. The van der Waals surface area contributed by atoms with Crippen LogP contribution >= 0.6 is 0 Å². The van der Waals surface area contributed by atoms with Gasteiger partial charge in [-0.3, -0.25) is 4.79 Å². The van der Waals surface area contributed by atoms with Crippen molar-refractivity contribution in [1.29, 1.82) is 0 Å². The van der Waals surface area contributed by atoms with Gasteiger partial charge in [0.05, 0.1) is 23.8 Å². The minimum atomic E-state index is -0.496. The largest absolute Gasteiger partial charge is 0.369 e. The van der Waals surface area contributed by atoms with Gasteiger partial charge in [0, 0.05) is 36.8 Å². The molecule has 3 fully saturated rings. The van der Waals surface area contributed by atoms with E-state index in [4.69, 9.17) is 4.74 Å². The predicted octanol–water partition coefficient (Wildman–Crippen LogP) is 2.34. The van der Waals surface area contributed by atoms with Crippen LogP contribution in [0.4, 0.5) is 10.3 Å². The van der Waals surface area contributed by atoms with Gasteiger partial charge in [0.15, 0.2) is 0 Å². The number of anilines is 1. The van der Waals surface area contributed by atoms with Crippen molar-refractivity contribution in [1.82, 2.24) is 15.3 Å². The van der Waals surface area contributed by atoms with Crippen molar-refractivity contribution in [2.75, 3.05) is 24.5 Å². The van der Waals surface area contributed by atoms with Crippen LogP contribution in [0.2, 0.25) is 0 Å². The number of aromatic nitrogens is 2. The Labute approximate surface area is 163 Å². The van der Waals surface area contributed by atoms with Crippen LogP contribution in [-0.2, 0) is 4.74 Å². The normalized spacial score (nSPS) is 30.5. The second-order valence-corrected chi connectivity index (χ2v) is 8.10. The molecule has 1 amide bonds. The van der Waals surface area contributed by atoms with Crippen LogP contribution in [0, 0.1) is 24.6 Å². The molecule has 4 heterocycles. The predicted molar refractivity (Wildman–Crippen MR) is 102 cm³/mol.